The highest BCUT2D eigenvalue weighted by molar-refractivity contribution is 7.71. The SMILES string of the molecule is Cc1cc(Cl)ccc1OC(C)c1n[nH]c(=S)n1N. The number of aromatic nitrogens is 3. The first-order valence-electron chi connectivity index (χ1n) is 5.34. The molecule has 5 nitrogen and oxygen atoms in total. The van der Waals surface area contributed by atoms with Gasteiger partial charge in [0.2, 0.25) is 4.77 Å². The summed E-state index contributed by atoms with van der Waals surface area (Å²) in [6.07, 6.45) is -0.317. The van der Waals surface area contributed by atoms with E-state index < -0.39 is 0 Å². The van der Waals surface area contributed by atoms with Gasteiger partial charge in [-0.3, -0.25) is 5.10 Å². The van der Waals surface area contributed by atoms with Gasteiger partial charge in [0.05, 0.1) is 0 Å². The quantitative estimate of drug-likeness (QED) is 0.672. The molecule has 0 aliphatic rings. The number of rotatable bonds is 3. The second-order valence-corrected chi connectivity index (χ2v) is 4.75. The molecule has 3 N–H and O–H groups in total. The van der Waals surface area contributed by atoms with E-state index in [0.29, 0.717) is 15.6 Å². The Morgan fingerprint density at radius 1 is 1.56 bits per heavy atom. The van der Waals surface area contributed by atoms with Crippen molar-refractivity contribution in [1.29, 1.82) is 0 Å². The first-order valence-corrected chi connectivity index (χ1v) is 6.13. The number of halogens is 1. The molecule has 96 valence electrons. The van der Waals surface area contributed by atoms with E-state index in [4.69, 9.17) is 34.4 Å². The monoisotopic (exact) mass is 284 g/mol. The molecule has 0 spiro atoms. The molecule has 0 fully saturated rings. The molecular weight excluding hydrogens is 272 g/mol. The summed E-state index contributed by atoms with van der Waals surface area (Å²) >= 11 is 10.8. The van der Waals surface area contributed by atoms with Gasteiger partial charge in [-0.2, -0.15) is 5.10 Å². The Morgan fingerprint density at radius 2 is 2.28 bits per heavy atom. The van der Waals surface area contributed by atoms with Crippen molar-refractivity contribution in [2.75, 3.05) is 5.84 Å². The molecule has 0 bridgehead atoms. The van der Waals surface area contributed by atoms with Crippen LogP contribution in [0.25, 0.3) is 0 Å². The summed E-state index contributed by atoms with van der Waals surface area (Å²) in [7, 11) is 0. The fourth-order valence-corrected chi connectivity index (χ4v) is 1.96. The van der Waals surface area contributed by atoms with Crippen LogP contribution >= 0.6 is 23.8 Å². The van der Waals surface area contributed by atoms with Crippen LogP contribution in [0.1, 0.15) is 24.4 Å². The molecule has 0 saturated carbocycles. The van der Waals surface area contributed by atoms with E-state index >= 15 is 0 Å². The van der Waals surface area contributed by atoms with Crippen LogP contribution in [-0.2, 0) is 0 Å². The maximum absolute atomic E-state index is 5.89. The van der Waals surface area contributed by atoms with E-state index in [2.05, 4.69) is 10.2 Å². The first-order chi connectivity index (χ1) is 8.49. The van der Waals surface area contributed by atoms with Crippen LogP contribution in [-0.4, -0.2) is 14.9 Å². The van der Waals surface area contributed by atoms with Gasteiger partial charge in [-0.05, 0) is 49.8 Å². The van der Waals surface area contributed by atoms with Crippen molar-refractivity contribution < 1.29 is 4.74 Å². The zero-order valence-corrected chi connectivity index (χ0v) is 11.5. The molecule has 1 aromatic heterocycles. The van der Waals surface area contributed by atoms with Gasteiger partial charge >= 0.3 is 0 Å². The number of nitrogens with one attached hydrogen (secondary N) is 1. The van der Waals surface area contributed by atoms with E-state index in [9.17, 15) is 0 Å². The molecule has 1 heterocycles. The first kappa shape index (κ1) is 12.9. The number of nitrogen functional groups attached to an aromatic ring is 1. The fourth-order valence-electron chi connectivity index (χ4n) is 1.59. The van der Waals surface area contributed by atoms with E-state index in [1.807, 2.05) is 26.0 Å². The van der Waals surface area contributed by atoms with Crippen molar-refractivity contribution in [3.63, 3.8) is 0 Å². The number of hydrogen-bond acceptors (Lipinski definition) is 4. The number of aryl methyl sites for hydroxylation is 1. The number of H-pyrrole nitrogens is 1. The normalized spacial score (nSPS) is 12.4. The lowest BCUT2D eigenvalue weighted by atomic mass is 10.2. The summed E-state index contributed by atoms with van der Waals surface area (Å²) in [5.41, 5.74) is 0.951. The lowest BCUT2D eigenvalue weighted by Gasteiger charge is -2.15. The van der Waals surface area contributed by atoms with Crippen molar-refractivity contribution in [3.05, 3.63) is 39.4 Å². The van der Waals surface area contributed by atoms with Gasteiger partial charge in [0.15, 0.2) is 11.9 Å². The Balaban J connectivity index is 2.24. The predicted molar refractivity (Wildman–Crippen MR) is 72.8 cm³/mol. The van der Waals surface area contributed by atoms with Crippen molar-refractivity contribution in [2.24, 2.45) is 0 Å². The Hall–Kier alpha value is -1.53. The minimum atomic E-state index is -0.317. The van der Waals surface area contributed by atoms with Crippen LogP contribution in [0, 0.1) is 11.7 Å². The van der Waals surface area contributed by atoms with Gasteiger partial charge in [0.1, 0.15) is 5.75 Å². The molecule has 7 heteroatoms. The maximum atomic E-state index is 5.89. The number of ether oxygens (including phenoxy) is 1. The molecule has 1 aromatic carbocycles. The van der Waals surface area contributed by atoms with Gasteiger partial charge < -0.3 is 10.6 Å². The Bertz CT molecular complexity index is 622. The smallest absolute Gasteiger partial charge is 0.214 e. The van der Waals surface area contributed by atoms with Crippen LogP contribution in [0.5, 0.6) is 5.75 Å². The van der Waals surface area contributed by atoms with E-state index in [-0.39, 0.29) is 6.10 Å². The fraction of sp³-hybridized carbons (Fsp3) is 0.273. The summed E-state index contributed by atoms with van der Waals surface area (Å²) in [6, 6.07) is 5.43. The highest BCUT2D eigenvalue weighted by Crippen LogP contribution is 2.26. The third-order valence-corrected chi connectivity index (χ3v) is 3.06. The topological polar surface area (TPSA) is 68.9 Å². The van der Waals surface area contributed by atoms with Crippen LogP contribution in [0.4, 0.5) is 0 Å². The number of nitrogens with two attached hydrogens (primary N) is 1. The number of aromatic amines is 1. The minimum Gasteiger partial charge on any atom is -0.482 e. The standard InChI is InChI=1S/C11H13ClN4OS/c1-6-5-8(12)3-4-9(6)17-7(2)10-14-15-11(18)16(10)13/h3-5,7H,13H2,1-2H3,(H,15,18). The molecule has 0 amide bonds. The van der Waals surface area contributed by atoms with Crippen LogP contribution in [0.15, 0.2) is 18.2 Å². The van der Waals surface area contributed by atoms with Crippen molar-refractivity contribution in [3.8, 4) is 5.75 Å². The molecular formula is C11H13ClN4OS. The Kier molecular flexibility index (Phi) is 3.58. The highest BCUT2D eigenvalue weighted by atomic mass is 35.5. The predicted octanol–water partition coefficient (Wildman–Crippen LogP) is 2.76. The number of benzene rings is 1. The number of hydrogen-bond donors (Lipinski definition) is 2. The molecule has 18 heavy (non-hydrogen) atoms. The average molecular weight is 285 g/mol. The highest BCUT2D eigenvalue weighted by Gasteiger charge is 2.15. The second kappa shape index (κ2) is 4.99. The van der Waals surface area contributed by atoms with Crippen molar-refractivity contribution in [1.82, 2.24) is 14.9 Å². The molecule has 0 radical (unpaired) electrons. The second-order valence-electron chi connectivity index (χ2n) is 3.93. The Morgan fingerprint density at radius 3 is 2.83 bits per heavy atom. The zero-order valence-electron chi connectivity index (χ0n) is 9.98. The summed E-state index contributed by atoms with van der Waals surface area (Å²) in [6.45, 7) is 3.77. The maximum Gasteiger partial charge on any atom is 0.214 e. The van der Waals surface area contributed by atoms with Gasteiger partial charge in [-0.1, -0.05) is 11.6 Å². The van der Waals surface area contributed by atoms with Crippen LogP contribution in [0.3, 0.4) is 0 Å². The van der Waals surface area contributed by atoms with E-state index in [1.165, 1.54) is 4.68 Å². The molecule has 0 aliphatic heterocycles. The lowest BCUT2D eigenvalue weighted by molar-refractivity contribution is 0.211. The molecule has 1 atom stereocenters. The molecule has 0 aliphatic carbocycles. The summed E-state index contributed by atoms with van der Waals surface area (Å²) < 4.78 is 7.44. The molecule has 1 unspecified atom stereocenters. The summed E-state index contributed by atoms with van der Waals surface area (Å²) in [4.78, 5) is 0. The molecule has 2 rings (SSSR count). The van der Waals surface area contributed by atoms with E-state index in [1.54, 1.807) is 6.07 Å². The van der Waals surface area contributed by atoms with E-state index in [0.717, 1.165) is 11.3 Å². The molecule has 2 aromatic rings. The largest absolute Gasteiger partial charge is 0.482 e. The number of nitrogens with zero attached hydrogens (tertiary/aromatic N) is 2. The summed E-state index contributed by atoms with van der Waals surface area (Å²) in [5, 5.41) is 7.32. The van der Waals surface area contributed by atoms with Gasteiger partial charge in [-0.25, -0.2) is 4.68 Å². The molecule has 0 saturated heterocycles. The van der Waals surface area contributed by atoms with Crippen LogP contribution in [0.2, 0.25) is 5.02 Å². The minimum absolute atomic E-state index is 0.317. The van der Waals surface area contributed by atoms with Crippen molar-refractivity contribution in [2.45, 2.75) is 20.0 Å². The zero-order chi connectivity index (χ0) is 13.3. The summed E-state index contributed by atoms with van der Waals surface area (Å²) in [5.74, 6) is 7.01. The third-order valence-electron chi connectivity index (χ3n) is 2.54. The lowest BCUT2D eigenvalue weighted by Crippen LogP contribution is -2.18. The Labute approximate surface area is 114 Å². The van der Waals surface area contributed by atoms with Gasteiger partial charge in [0.25, 0.3) is 0 Å². The van der Waals surface area contributed by atoms with Gasteiger partial charge in [-0.15, -0.1) is 0 Å². The third kappa shape index (κ3) is 2.49. The van der Waals surface area contributed by atoms with Gasteiger partial charge in [0, 0.05) is 5.02 Å². The average Bonchev–Trinajstić information content (AvgIpc) is 2.64. The van der Waals surface area contributed by atoms with Crippen LogP contribution < -0.4 is 10.6 Å². The van der Waals surface area contributed by atoms with Crippen molar-refractivity contribution >= 4 is 23.8 Å².